The van der Waals surface area contributed by atoms with Gasteiger partial charge in [0.15, 0.2) is 6.61 Å². The first-order chi connectivity index (χ1) is 10.7. The molecular weight excluding hydrogens is 288 g/mol. The molecule has 0 spiro atoms. The predicted molar refractivity (Wildman–Crippen MR) is 92.6 cm³/mol. The van der Waals surface area contributed by atoms with Gasteiger partial charge in [0.05, 0.1) is 11.1 Å². The van der Waals surface area contributed by atoms with Crippen LogP contribution in [0.3, 0.4) is 0 Å². The summed E-state index contributed by atoms with van der Waals surface area (Å²) in [5, 5.41) is 5.55. The molecule has 23 heavy (non-hydrogen) atoms. The number of quaternary nitrogens is 1. The Morgan fingerprint density at radius 2 is 1.74 bits per heavy atom. The fraction of sp³-hybridized carbons (Fsp3) is 0.632. The minimum Gasteiger partial charge on any atom is -0.484 e. The zero-order chi connectivity index (χ0) is 17.1. The van der Waals surface area contributed by atoms with Crippen LogP contribution in [0, 0.1) is 0 Å². The molecule has 0 radical (unpaired) electrons. The Kier molecular flexibility index (Phi) is 5.35. The van der Waals surface area contributed by atoms with Gasteiger partial charge in [-0.1, -0.05) is 19.1 Å². The largest absolute Gasteiger partial charge is 0.484 e. The van der Waals surface area contributed by atoms with Crippen molar-refractivity contribution in [3.05, 3.63) is 29.8 Å². The smallest absolute Gasteiger partial charge is 0.258 e. The second-order valence-corrected chi connectivity index (χ2v) is 8.08. The zero-order valence-electron chi connectivity index (χ0n) is 15.1. The van der Waals surface area contributed by atoms with Crippen LogP contribution in [0.15, 0.2) is 24.3 Å². The molecule has 128 valence electrons. The molecule has 3 N–H and O–H groups in total. The Morgan fingerprint density at radius 3 is 2.26 bits per heavy atom. The van der Waals surface area contributed by atoms with Crippen LogP contribution in [0.5, 0.6) is 5.75 Å². The number of amides is 1. The van der Waals surface area contributed by atoms with Crippen molar-refractivity contribution in [2.24, 2.45) is 0 Å². The Labute approximate surface area is 140 Å². The van der Waals surface area contributed by atoms with Crippen molar-refractivity contribution in [3.8, 4) is 5.75 Å². The Morgan fingerprint density at radius 1 is 1.17 bits per heavy atom. The van der Waals surface area contributed by atoms with Crippen molar-refractivity contribution in [2.75, 3.05) is 6.61 Å². The highest BCUT2D eigenvalue weighted by Crippen LogP contribution is 2.21. The lowest BCUT2D eigenvalue weighted by atomic mass is 9.79. The third-order valence-corrected chi connectivity index (χ3v) is 4.39. The molecule has 2 rings (SSSR count). The normalized spacial score (nSPS) is 20.0. The van der Waals surface area contributed by atoms with Crippen LogP contribution in [0.1, 0.15) is 53.0 Å². The molecule has 4 heteroatoms. The summed E-state index contributed by atoms with van der Waals surface area (Å²) in [5.41, 5.74) is 1.57. The Bertz CT molecular complexity index is 519. The standard InChI is InChI=1S/C19H30N2O2/c1-6-14-7-9-16(10-8-14)23-13-17(22)20-15-11-18(2,3)21-19(4,5)12-15/h7-10,15,21H,6,11-13H2,1-5H3,(H,20,22)/p+1. The lowest BCUT2D eigenvalue weighted by Gasteiger charge is -2.43. The average Bonchev–Trinajstić information content (AvgIpc) is 2.42. The first-order valence-corrected chi connectivity index (χ1v) is 8.57. The molecule has 1 aliphatic rings. The molecule has 1 fully saturated rings. The summed E-state index contributed by atoms with van der Waals surface area (Å²) in [6.07, 6.45) is 2.96. The molecule has 4 nitrogen and oxygen atoms in total. The van der Waals surface area contributed by atoms with Gasteiger partial charge in [-0.3, -0.25) is 4.79 Å². The van der Waals surface area contributed by atoms with Gasteiger partial charge in [0.1, 0.15) is 5.75 Å². The highest BCUT2D eigenvalue weighted by Gasteiger charge is 2.42. The van der Waals surface area contributed by atoms with Gasteiger partial charge in [-0.05, 0) is 51.8 Å². The van der Waals surface area contributed by atoms with Gasteiger partial charge >= 0.3 is 0 Å². The molecule has 1 aliphatic heterocycles. The predicted octanol–water partition coefficient (Wildman–Crippen LogP) is 2.03. The van der Waals surface area contributed by atoms with E-state index in [-0.39, 0.29) is 29.6 Å². The van der Waals surface area contributed by atoms with Crippen LogP contribution in [-0.4, -0.2) is 29.6 Å². The summed E-state index contributed by atoms with van der Waals surface area (Å²) in [5.74, 6) is 0.707. The van der Waals surface area contributed by atoms with Crippen LogP contribution >= 0.6 is 0 Å². The fourth-order valence-corrected chi connectivity index (χ4v) is 3.86. The molecule has 1 aromatic carbocycles. The van der Waals surface area contributed by atoms with Gasteiger partial charge < -0.3 is 15.4 Å². The molecule has 0 aromatic heterocycles. The van der Waals surface area contributed by atoms with E-state index in [0.29, 0.717) is 0 Å². The van der Waals surface area contributed by atoms with Crippen LogP contribution in [0.4, 0.5) is 0 Å². The summed E-state index contributed by atoms with van der Waals surface area (Å²) in [4.78, 5) is 12.2. The minimum absolute atomic E-state index is 0.0388. The van der Waals surface area contributed by atoms with Crippen LogP contribution < -0.4 is 15.4 Å². The molecule has 0 bridgehead atoms. The number of hydrogen-bond acceptors (Lipinski definition) is 2. The first-order valence-electron chi connectivity index (χ1n) is 8.57. The fourth-order valence-electron chi connectivity index (χ4n) is 3.86. The number of carbonyl (C=O) groups excluding carboxylic acids is 1. The van der Waals surface area contributed by atoms with E-state index in [1.54, 1.807) is 0 Å². The molecule has 1 amide bonds. The zero-order valence-corrected chi connectivity index (χ0v) is 15.1. The van der Waals surface area contributed by atoms with Crippen LogP contribution in [-0.2, 0) is 11.2 Å². The van der Waals surface area contributed by atoms with Crippen molar-refractivity contribution < 1.29 is 14.8 Å². The van der Waals surface area contributed by atoms with Gasteiger partial charge in [-0.15, -0.1) is 0 Å². The van der Waals surface area contributed by atoms with Crippen molar-refractivity contribution in [2.45, 2.75) is 71.0 Å². The number of rotatable bonds is 5. The monoisotopic (exact) mass is 319 g/mol. The molecule has 0 aliphatic carbocycles. The highest BCUT2D eigenvalue weighted by molar-refractivity contribution is 5.77. The lowest BCUT2D eigenvalue weighted by molar-refractivity contribution is -0.787. The number of nitrogens with two attached hydrogens (primary N) is 1. The van der Waals surface area contributed by atoms with E-state index in [2.05, 4.69) is 45.3 Å². The second kappa shape index (κ2) is 6.91. The van der Waals surface area contributed by atoms with Crippen molar-refractivity contribution in [1.82, 2.24) is 5.32 Å². The number of hydrogen-bond donors (Lipinski definition) is 2. The van der Waals surface area contributed by atoms with Gasteiger partial charge in [-0.25, -0.2) is 0 Å². The summed E-state index contributed by atoms with van der Waals surface area (Å²) >= 11 is 0. The highest BCUT2D eigenvalue weighted by atomic mass is 16.5. The third-order valence-electron chi connectivity index (χ3n) is 4.39. The first kappa shape index (κ1) is 17.8. The molecule has 0 saturated carbocycles. The number of piperidine rings is 1. The molecule has 0 atom stereocenters. The molecule has 1 saturated heterocycles. The van der Waals surface area contributed by atoms with E-state index in [1.807, 2.05) is 24.3 Å². The van der Waals surface area contributed by atoms with E-state index in [4.69, 9.17) is 4.74 Å². The maximum atomic E-state index is 12.2. The number of aryl methyl sites for hydroxylation is 1. The Balaban J connectivity index is 1.84. The number of benzene rings is 1. The molecule has 0 unspecified atom stereocenters. The molecular formula is C19H31N2O2+. The summed E-state index contributed by atoms with van der Waals surface area (Å²) in [6.45, 7) is 11.1. The van der Waals surface area contributed by atoms with E-state index < -0.39 is 0 Å². The topological polar surface area (TPSA) is 54.9 Å². The van der Waals surface area contributed by atoms with E-state index >= 15 is 0 Å². The van der Waals surface area contributed by atoms with Gasteiger partial charge in [0, 0.05) is 18.9 Å². The van der Waals surface area contributed by atoms with Gasteiger partial charge in [0.25, 0.3) is 5.91 Å². The van der Waals surface area contributed by atoms with Gasteiger partial charge in [0.2, 0.25) is 0 Å². The minimum atomic E-state index is -0.0388. The van der Waals surface area contributed by atoms with Crippen molar-refractivity contribution in [1.29, 1.82) is 0 Å². The van der Waals surface area contributed by atoms with E-state index in [0.717, 1.165) is 25.0 Å². The van der Waals surface area contributed by atoms with Gasteiger partial charge in [-0.2, -0.15) is 0 Å². The Hall–Kier alpha value is -1.55. The second-order valence-electron chi connectivity index (χ2n) is 8.08. The summed E-state index contributed by atoms with van der Waals surface area (Å²) < 4.78 is 5.59. The summed E-state index contributed by atoms with van der Waals surface area (Å²) in [7, 11) is 0. The van der Waals surface area contributed by atoms with Crippen molar-refractivity contribution in [3.63, 3.8) is 0 Å². The van der Waals surface area contributed by atoms with Crippen LogP contribution in [0.2, 0.25) is 0 Å². The molecule has 1 heterocycles. The molecule has 1 aromatic rings. The number of carbonyl (C=O) groups is 1. The average molecular weight is 319 g/mol. The third kappa shape index (κ3) is 5.54. The van der Waals surface area contributed by atoms with E-state index in [1.165, 1.54) is 5.56 Å². The maximum Gasteiger partial charge on any atom is 0.258 e. The van der Waals surface area contributed by atoms with Crippen LogP contribution in [0.25, 0.3) is 0 Å². The van der Waals surface area contributed by atoms with E-state index in [9.17, 15) is 4.79 Å². The maximum absolute atomic E-state index is 12.2. The summed E-state index contributed by atoms with van der Waals surface area (Å²) in [6, 6.07) is 8.13. The number of nitrogens with one attached hydrogen (secondary N) is 1. The SMILES string of the molecule is CCc1ccc(OCC(=O)NC2CC(C)(C)[NH2+]C(C)(C)C2)cc1. The lowest BCUT2D eigenvalue weighted by Crippen LogP contribution is -3.06. The van der Waals surface area contributed by atoms with Crippen molar-refractivity contribution >= 4 is 5.91 Å². The number of ether oxygens (including phenoxy) is 1. The quantitative estimate of drug-likeness (QED) is 0.872.